The largest absolute Gasteiger partial charge is 0.748 e. The van der Waals surface area contributed by atoms with Crippen molar-refractivity contribution < 1.29 is 17.1 Å². The standard InChI is InChI=1S/C11H18P.C5H5.Fe/c1-7(2)9-5-6-10(12)11(9)8(3)4;1-2-4-5-3-1;/h5-8H,12H2,1-4H3;1-5H;/q-1;-5;. The molecule has 0 bridgehead atoms. The summed E-state index contributed by atoms with van der Waals surface area (Å²) in [6.45, 7) is 9.03. The van der Waals surface area contributed by atoms with Gasteiger partial charge in [-0.3, -0.25) is 0 Å². The summed E-state index contributed by atoms with van der Waals surface area (Å²) in [6.07, 6.45) is 0. The molecule has 0 fully saturated rings. The molecule has 1 atom stereocenters. The molecule has 106 valence electrons. The predicted molar refractivity (Wildman–Crippen MR) is 81.6 cm³/mol. The van der Waals surface area contributed by atoms with Crippen molar-refractivity contribution in [2.24, 2.45) is 0 Å². The number of rotatable bonds is 2. The van der Waals surface area contributed by atoms with Crippen LogP contribution in [0.15, 0.2) is 42.5 Å². The van der Waals surface area contributed by atoms with Crippen LogP contribution in [0.5, 0.6) is 0 Å². The molecule has 0 aliphatic heterocycles. The predicted octanol–water partition coefficient (Wildman–Crippen LogP) is 4.56. The van der Waals surface area contributed by atoms with E-state index in [2.05, 4.69) is 49.1 Å². The molecule has 1 unspecified atom stereocenters. The van der Waals surface area contributed by atoms with Crippen molar-refractivity contribution in [1.82, 2.24) is 0 Å². The second kappa shape index (κ2) is 8.70. The average Bonchev–Trinajstić information content (AvgIpc) is 2.87. The smallest absolute Gasteiger partial charge is 0 e. The summed E-state index contributed by atoms with van der Waals surface area (Å²) < 4.78 is 0. The first kappa shape index (κ1) is 17.6. The van der Waals surface area contributed by atoms with Crippen LogP contribution < -0.4 is 5.30 Å². The molecule has 0 spiro atoms. The average molecular weight is 302 g/mol. The van der Waals surface area contributed by atoms with E-state index in [1.165, 1.54) is 16.4 Å². The fourth-order valence-corrected chi connectivity index (χ4v) is 2.61. The third kappa shape index (κ3) is 5.10. The van der Waals surface area contributed by atoms with Crippen LogP contribution in [0.4, 0.5) is 0 Å². The van der Waals surface area contributed by atoms with Crippen molar-refractivity contribution in [1.29, 1.82) is 0 Å². The van der Waals surface area contributed by atoms with Crippen LogP contribution in [-0.4, -0.2) is 0 Å². The van der Waals surface area contributed by atoms with Crippen LogP contribution in [0.1, 0.15) is 50.7 Å². The summed E-state index contributed by atoms with van der Waals surface area (Å²) in [7, 11) is 2.82. The molecule has 0 N–H and O–H groups in total. The Labute approximate surface area is 125 Å². The van der Waals surface area contributed by atoms with Crippen molar-refractivity contribution in [3.63, 3.8) is 0 Å². The van der Waals surface area contributed by atoms with Crippen molar-refractivity contribution in [3.8, 4) is 0 Å². The van der Waals surface area contributed by atoms with E-state index >= 15 is 0 Å². The molecule has 2 aromatic rings. The SMILES string of the molecule is CC(C)c1c(P)cc[c-]1C(C)C.[Fe].[cH-]1[cH-][cH-][cH-][cH-]1. The molecular weight excluding hydrogens is 279 g/mol. The minimum atomic E-state index is 0. The molecular formula is C16H23FeP-6. The maximum absolute atomic E-state index is 2.82. The molecule has 18 heavy (non-hydrogen) atoms. The van der Waals surface area contributed by atoms with Crippen LogP contribution in [0, 0.1) is 0 Å². The van der Waals surface area contributed by atoms with Gasteiger partial charge >= 0.3 is 0 Å². The van der Waals surface area contributed by atoms with Gasteiger partial charge in [-0.05, 0) is 5.92 Å². The van der Waals surface area contributed by atoms with E-state index in [1.54, 1.807) is 0 Å². The number of hydrogen-bond acceptors (Lipinski definition) is 0. The second-order valence-corrected chi connectivity index (χ2v) is 5.55. The molecule has 2 rings (SSSR count). The molecule has 0 saturated carbocycles. The van der Waals surface area contributed by atoms with Gasteiger partial charge in [-0.1, -0.05) is 33.6 Å². The molecule has 2 heteroatoms. The first-order chi connectivity index (χ1) is 8.04. The van der Waals surface area contributed by atoms with E-state index in [1.807, 2.05) is 30.3 Å². The van der Waals surface area contributed by atoms with Crippen LogP contribution in [0.3, 0.4) is 0 Å². The first-order valence-electron chi connectivity index (χ1n) is 6.25. The molecule has 0 nitrogen and oxygen atoms in total. The van der Waals surface area contributed by atoms with Gasteiger partial charge in [0.1, 0.15) is 0 Å². The normalized spacial score (nSPS) is 9.94. The summed E-state index contributed by atoms with van der Waals surface area (Å²) >= 11 is 0. The summed E-state index contributed by atoms with van der Waals surface area (Å²) in [5.41, 5.74) is 3.03. The van der Waals surface area contributed by atoms with Gasteiger partial charge in [0.2, 0.25) is 0 Å². The third-order valence-electron chi connectivity index (χ3n) is 2.82. The van der Waals surface area contributed by atoms with Crippen LogP contribution in [0.25, 0.3) is 0 Å². The van der Waals surface area contributed by atoms with E-state index < -0.39 is 0 Å². The zero-order valence-corrected chi connectivity index (χ0v) is 13.9. The first-order valence-corrected chi connectivity index (χ1v) is 6.83. The Balaban J connectivity index is 0.000000405. The van der Waals surface area contributed by atoms with Gasteiger partial charge in [-0.15, -0.1) is 0 Å². The van der Waals surface area contributed by atoms with Gasteiger partial charge in [0.05, 0.1) is 0 Å². The fraction of sp³-hybridized carbons (Fsp3) is 0.375. The molecule has 0 heterocycles. The molecule has 0 aromatic heterocycles. The summed E-state index contributed by atoms with van der Waals surface area (Å²) in [6, 6.07) is 14.5. The maximum atomic E-state index is 2.82. The fourth-order valence-electron chi connectivity index (χ4n) is 2.02. The maximum Gasteiger partial charge on any atom is 0 e. The quantitative estimate of drug-likeness (QED) is 0.433. The Bertz CT molecular complexity index is 393. The van der Waals surface area contributed by atoms with Gasteiger partial charge < -0.3 is 30.3 Å². The molecule has 0 aliphatic carbocycles. The summed E-state index contributed by atoms with van der Waals surface area (Å²) in [5, 5.41) is 1.37. The van der Waals surface area contributed by atoms with Gasteiger partial charge in [0.15, 0.2) is 0 Å². The van der Waals surface area contributed by atoms with E-state index in [0.717, 1.165) is 0 Å². The van der Waals surface area contributed by atoms with E-state index in [9.17, 15) is 0 Å². The van der Waals surface area contributed by atoms with Gasteiger partial charge in [0.25, 0.3) is 0 Å². The minimum Gasteiger partial charge on any atom is -0.748 e. The molecule has 0 aliphatic rings. The molecule has 0 radical (unpaired) electrons. The molecule has 0 saturated heterocycles. The van der Waals surface area contributed by atoms with Gasteiger partial charge in [0, 0.05) is 17.1 Å². The Morgan fingerprint density at radius 2 is 1.44 bits per heavy atom. The van der Waals surface area contributed by atoms with Crippen molar-refractivity contribution >= 4 is 14.5 Å². The topological polar surface area (TPSA) is 0 Å². The van der Waals surface area contributed by atoms with E-state index in [4.69, 9.17) is 0 Å². The van der Waals surface area contributed by atoms with Crippen molar-refractivity contribution in [3.05, 3.63) is 53.6 Å². The van der Waals surface area contributed by atoms with Gasteiger partial charge in [-0.25, -0.2) is 6.07 Å². The Morgan fingerprint density at radius 3 is 1.72 bits per heavy atom. The van der Waals surface area contributed by atoms with E-state index in [0.29, 0.717) is 11.8 Å². The van der Waals surface area contributed by atoms with Crippen LogP contribution >= 0.6 is 9.24 Å². The summed E-state index contributed by atoms with van der Waals surface area (Å²) in [4.78, 5) is 0. The molecule has 2 aromatic carbocycles. The third-order valence-corrected chi connectivity index (χ3v) is 3.32. The minimum absolute atomic E-state index is 0. The second-order valence-electron chi connectivity index (χ2n) is 4.93. The molecule has 0 amide bonds. The van der Waals surface area contributed by atoms with Crippen molar-refractivity contribution in [2.75, 3.05) is 0 Å². The monoisotopic (exact) mass is 302 g/mol. The van der Waals surface area contributed by atoms with Crippen molar-refractivity contribution in [2.45, 2.75) is 39.5 Å². The van der Waals surface area contributed by atoms with E-state index in [-0.39, 0.29) is 17.1 Å². The Hall–Kier alpha value is -0.351. The zero-order chi connectivity index (χ0) is 12.8. The number of hydrogen-bond donors (Lipinski definition) is 0. The van der Waals surface area contributed by atoms with Gasteiger partial charge in [-0.2, -0.15) is 31.7 Å². The zero-order valence-electron chi connectivity index (χ0n) is 11.6. The Kier molecular flexibility index (Phi) is 8.53. The Morgan fingerprint density at radius 1 is 1.00 bits per heavy atom. The van der Waals surface area contributed by atoms with Crippen LogP contribution in [-0.2, 0) is 17.1 Å². The summed E-state index contributed by atoms with van der Waals surface area (Å²) in [5.74, 6) is 1.29. The van der Waals surface area contributed by atoms with Crippen LogP contribution in [0.2, 0.25) is 0 Å².